The van der Waals surface area contributed by atoms with Crippen molar-refractivity contribution >= 4 is 8.32 Å². The minimum atomic E-state index is -4.48. The van der Waals surface area contributed by atoms with Crippen LogP contribution in [0.25, 0.3) is 0 Å². The number of aliphatic hydroxyl groups is 1. The Morgan fingerprint density at radius 3 is 2.22 bits per heavy atom. The smallest absolute Gasteiger partial charge is 0.410 e. The lowest BCUT2D eigenvalue weighted by molar-refractivity contribution is -0.137. The molecule has 0 radical (unpaired) electrons. The van der Waals surface area contributed by atoms with E-state index in [0.29, 0.717) is 5.56 Å². The van der Waals surface area contributed by atoms with Gasteiger partial charge in [-0.3, -0.25) is 9.97 Å². The molecule has 0 saturated carbocycles. The molecule has 1 aliphatic carbocycles. The average Bonchev–Trinajstić information content (AvgIpc) is 2.70. The van der Waals surface area contributed by atoms with Crippen molar-refractivity contribution in [3.8, 4) is 0 Å². The maximum absolute atomic E-state index is 13.1. The van der Waals surface area contributed by atoms with E-state index in [9.17, 15) is 18.3 Å². The molecule has 0 spiro atoms. The Kier molecular flexibility index (Phi) is 7.61. The van der Waals surface area contributed by atoms with E-state index in [-0.39, 0.29) is 28.2 Å². The Labute approximate surface area is 214 Å². The largest absolute Gasteiger partial charge is 0.417 e. The van der Waals surface area contributed by atoms with Gasteiger partial charge in [0.2, 0.25) is 0 Å². The fourth-order valence-electron chi connectivity index (χ4n) is 4.81. The molecule has 4 nitrogen and oxygen atoms in total. The third-order valence-electron chi connectivity index (χ3n) is 7.81. The fraction of sp³-hybridized carbons (Fsp3) is 0.643. The van der Waals surface area contributed by atoms with Gasteiger partial charge in [0.05, 0.1) is 17.4 Å². The Bertz CT molecular complexity index is 1100. The summed E-state index contributed by atoms with van der Waals surface area (Å²) >= 11 is 0. The van der Waals surface area contributed by atoms with Crippen LogP contribution in [0.3, 0.4) is 0 Å². The van der Waals surface area contributed by atoms with Crippen LogP contribution >= 0.6 is 0 Å². The third kappa shape index (κ3) is 5.70. The van der Waals surface area contributed by atoms with Gasteiger partial charge in [0.15, 0.2) is 8.32 Å². The molecule has 36 heavy (non-hydrogen) atoms. The molecule has 200 valence electrons. The summed E-state index contributed by atoms with van der Waals surface area (Å²) in [4.78, 5) is 9.07. The van der Waals surface area contributed by atoms with Gasteiger partial charge in [-0.2, -0.15) is 13.2 Å². The zero-order valence-corrected chi connectivity index (χ0v) is 24.3. The monoisotopic (exact) mass is 522 g/mol. The highest BCUT2D eigenvalue weighted by molar-refractivity contribution is 6.74. The van der Waals surface area contributed by atoms with Gasteiger partial charge in [0, 0.05) is 28.7 Å². The first kappa shape index (κ1) is 28.8. The standard InChI is InChI=1S/C28H41F3N2O2Si/c1-16(2)24-23(25(34)19-12-11-18(15-32-19)28(29,30)31)17(3)22-20(33-24)13-27(7,8)14-21(22)35-36(9,10)26(4,5)6/h11-12,15-16,21,25,34H,13-14H2,1-10H3. The number of rotatable bonds is 5. The molecule has 0 aromatic carbocycles. The molecule has 2 aromatic heterocycles. The van der Waals surface area contributed by atoms with Gasteiger partial charge in [-0.1, -0.05) is 48.5 Å². The van der Waals surface area contributed by atoms with Crippen molar-refractivity contribution < 1.29 is 22.7 Å². The number of aliphatic hydroxyl groups excluding tert-OH is 1. The van der Waals surface area contributed by atoms with Crippen LogP contribution in [0.15, 0.2) is 18.3 Å². The lowest BCUT2D eigenvalue weighted by Gasteiger charge is -2.45. The topological polar surface area (TPSA) is 55.2 Å². The van der Waals surface area contributed by atoms with Crippen molar-refractivity contribution in [2.45, 2.75) is 111 Å². The first-order valence-electron chi connectivity index (χ1n) is 12.7. The molecule has 0 saturated heterocycles. The van der Waals surface area contributed by atoms with Gasteiger partial charge in [0.25, 0.3) is 0 Å². The van der Waals surface area contributed by atoms with Crippen LogP contribution in [0.5, 0.6) is 0 Å². The number of fused-ring (bicyclic) bond motifs is 1. The molecule has 0 aliphatic heterocycles. The van der Waals surface area contributed by atoms with Crippen molar-refractivity contribution in [2.75, 3.05) is 0 Å². The number of hydrogen-bond donors (Lipinski definition) is 1. The molecule has 1 aliphatic rings. The van der Waals surface area contributed by atoms with E-state index in [0.717, 1.165) is 47.6 Å². The van der Waals surface area contributed by atoms with Crippen LogP contribution < -0.4 is 0 Å². The number of hydrogen-bond acceptors (Lipinski definition) is 4. The van der Waals surface area contributed by atoms with E-state index in [1.54, 1.807) is 0 Å². The Morgan fingerprint density at radius 2 is 1.75 bits per heavy atom. The maximum atomic E-state index is 13.1. The quantitative estimate of drug-likeness (QED) is 0.404. The predicted molar refractivity (Wildman–Crippen MR) is 139 cm³/mol. The lowest BCUT2D eigenvalue weighted by atomic mass is 9.72. The summed E-state index contributed by atoms with van der Waals surface area (Å²) in [5.74, 6) is 0.0119. The van der Waals surface area contributed by atoms with Crippen LogP contribution in [0.4, 0.5) is 13.2 Å². The zero-order valence-electron chi connectivity index (χ0n) is 23.3. The number of aromatic nitrogens is 2. The zero-order chi connectivity index (χ0) is 27.4. The number of pyridine rings is 2. The molecule has 0 fully saturated rings. The van der Waals surface area contributed by atoms with Crippen LogP contribution in [0.1, 0.15) is 112 Å². The Hall–Kier alpha value is -1.77. The second-order valence-corrected chi connectivity index (χ2v) is 17.6. The van der Waals surface area contributed by atoms with Crippen LogP contribution in [0.2, 0.25) is 18.1 Å². The van der Waals surface area contributed by atoms with Crippen molar-refractivity contribution in [1.82, 2.24) is 9.97 Å². The SMILES string of the molecule is Cc1c2c(nc(C(C)C)c1C(O)c1ccc(C(F)(F)F)cn1)CC(C)(C)CC2O[Si](C)(C)C(C)(C)C. The molecule has 2 aromatic rings. The summed E-state index contributed by atoms with van der Waals surface area (Å²) < 4.78 is 46.2. The minimum Gasteiger partial charge on any atom is -0.410 e. The highest BCUT2D eigenvalue weighted by atomic mass is 28.4. The van der Waals surface area contributed by atoms with E-state index < -0.39 is 26.2 Å². The normalized spacial score (nSPS) is 19.4. The molecular weight excluding hydrogens is 481 g/mol. The van der Waals surface area contributed by atoms with Crippen molar-refractivity contribution in [3.63, 3.8) is 0 Å². The highest BCUT2D eigenvalue weighted by Crippen LogP contribution is 2.49. The molecule has 0 bridgehead atoms. The molecule has 1 N–H and O–H groups in total. The van der Waals surface area contributed by atoms with Gasteiger partial charge in [0.1, 0.15) is 6.10 Å². The molecule has 2 unspecified atom stereocenters. The predicted octanol–water partition coefficient (Wildman–Crippen LogP) is 8.04. The Morgan fingerprint density at radius 1 is 1.14 bits per heavy atom. The van der Waals surface area contributed by atoms with E-state index in [1.165, 1.54) is 6.07 Å². The van der Waals surface area contributed by atoms with Gasteiger partial charge < -0.3 is 9.53 Å². The van der Waals surface area contributed by atoms with Crippen LogP contribution in [-0.4, -0.2) is 23.4 Å². The van der Waals surface area contributed by atoms with Crippen molar-refractivity contribution in [2.24, 2.45) is 5.41 Å². The Balaban J connectivity index is 2.18. The molecule has 2 atom stereocenters. The average molecular weight is 523 g/mol. The van der Waals surface area contributed by atoms with E-state index in [4.69, 9.17) is 9.41 Å². The fourth-order valence-corrected chi connectivity index (χ4v) is 6.08. The first-order valence-corrected chi connectivity index (χ1v) is 15.6. The number of alkyl halides is 3. The van der Waals surface area contributed by atoms with Gasteiger partial charge in [-0.05, 0) is 66.9 Å². The molecule has 2 heterocycles. The summed E-state index contributed by atoms with van der Waals surface area (Å²) in [6, 6.07) is 2.22. The molecule has 3 rings (SSSR count). The molecular formula is C28H41F3N2O2Si. The molecule has 8 heteroatoms. The molecule has 0 amide bonds. The first-order chi connectivity index (χ1) is 16.2. The van der Waals surface area contributed by atoms with Crippen molar-refractivity contribution in [1.29, 1.82) is 0 Å². The second kappa shape index (κ2) is 9.51. The number of halogens is 3. The second-order valence-electron chi connectivity index (χ2n) is 12.8. The van der Waals surface area contributed by atoms with E-state index in [1.807, 2.05) is 20.8 Å². The van der Waals surface area contributed by atoms with Crippen LogP contribution in [0, 0.1) is 12.3 Å². The van der Waals surface area contributed by atoms with E-state index >= 15 is 0 Å². The number of nitrogens with zero attached hydrogens (tertiary/aromatic N) is 2. The highest BCUT2D eigenvalue weighted by Gasteiger charge is 2.44. The van der Waals surface area contributed by atoms with Gasteiger partial charge in [-0.15, -0.1) is 0 Å². The summed E-state index contributed by atoms with van der Waals surface area (Å²) in [6.07, 6.45) is -3.42. The van der Waals surface area contributed by atoms with Crippen molar-refractivity contribution in [3.05, 3.63) is 57.7 Å². The van der Waals surface area contributed by atoms with E-state index in [2.05, 4.69) is 52.7 Å². The lowest BCUT2D eigenvalue weighted by Crippen LogP contribution is -2.44. The summed E-state index contributed by atoms with van der Waals surface area (Å²) in [7, 11) is -2.12. The van der Waals surface area contributed by atoms with Gasteiger partial charge >= 0.3 is 6.18 Å². The van der Waals surface area contributed by atoms with Crippen LogP contribution in [-0.2, 0) is 17.0 Å². The third-order valence-corrected chi connectivity index (χ3v) is 12.3. The summed E-state index contributed by atoms with van der Waals surface area (Å²) in [6.45, 7) is 21.6. The maximum Gasteiger partial charge on any atom is 0.417 e. The minimum absolute atomic E-state index is 0.00281. The summed E-state index contributed by atoms with van der Waals surface area (Å²) in [5.41, 5.74) is 3.63. The summed E-state index contributed by atoms with van der Waals surface area (Å²) in [5, 5.41) is 11.5. The van der Waals surface area contributed by atoms with Gasteiger partial charge in [-0.25, -0.2) is 0 Å².